The second-order valence-electron chi connectivity index (χ2n) is 9.97. The predicted octanol–water partition coefficient (Wildman–Crippen LogP) is 4.76. The Balaban J connectivity index is 1.45. The van der Waals surface area contributed by atoms with Crippen LogP contribution in [0.3, 0.4) is 0 Å². The number of aryl methyl sites for hydroxylation is 2. The molecule has 39 heavy (non-hydrogen) atoms. The van der Waals surface area contributed by atoms with Gasteiger partial charge in [0.05, 0.1) is 36.1 Å². The van der Waals surface area contributed by atoms with E-state index in [0.29, 0.717) is 35.5 Å². The quantitative estimate of drug-likeness (QED) is 0.355. The summed E-state index contributed by atoms with van der Waals surface area (Å²) in [7, 11) is 3.52. The zero-order chi connectivity index (χ0) is 27.5. The first kappa shape index (κ1) is 25.0. The molecule has 3 aromatic heterocycles. The number of aromatic nitrogens is 6. The third kappa shape index (κ3) is 4.31. The topological polar surface area (TPSA) is 93.8 Å². The number of carbonyl (C=O) groups excluding carboxylic acids is 1. The Morgan fingerprint density at radius 3 is 2.59 bits per heavy atom. The van der Waals surface area contributed by atoms with Crippen molar-refractivity contribution in [1.82, 2.24) is 29.5 Å². The van der Waals surface area contributed by atoms with Crippen LogP contribution in [0.5, 0.6) is 0 Å². The van der Waals surface area contributed by atoms with Crippen molar-refractivity contribution in [3.05, 3.63) is 59.5 Å². The molecular formula is C26H24F4N8O. The van der Waals surface area contributed by atoms with Crippen molar-refractivity contribution in [3.63, 3.8) is 0 Å². The summed E-state index contributed by atoms with van der Waals surface area (Å²) in [6.45, 7) is -0.273. The third-order valence-electron chi connectivity index (χ3n) is 7.36. The van der Waals surface area contributed by atoms with Crippen molar-refractivity contribution in [2.75, 3.05) is 16.8 Å². The molecule has 4 aromatic rings. The van der Waals surface area contributed by atoms with Crippen LogP contribution in [0, 0.1) is 0 Å². The van der Waals surface area contributed by atoms with Crippen molar-refractivity contribution in [1.29, 1.82) is 0 Å². The second-order valence-corrected chi connectivity index (χ2v) is 9.97. The number of nitrogens with one attached hydrogen (secondary N) is 1. The monoisotopic (exact) mass is 540 g/mol. The standard InChI is InChI=1S/C26H24F4N8O/c1-36-14-32-35-23(36)17-11-33-37(2)22(17)15-9-20(31-13-25(27)7-4-8-25)34-21(10-15)38-12-18-16(24(38)39)5-3-6-19(18)26(28,29)30/h3,5-6,9-11,14H,4,7-8,12-13H2,1-2H3,(H,31,34). The van der Waals surface area contributed by atoms with Crippen LogP contribution in [0.2, 0.25) is 0 Å². The maximum Gasteiger partial charge on any atom is 0.416 e. The molecule has 1 aliphatic carbocycles. The summed E-state index contributed by atoms with van der Waals surface area (Å²) in [5.41, 5.74) is -0.491. The number of hydrogen-bond acceptors (Lipinski definition) is 6. The molecule has 0 unspecified atom stereocenters. The number of fused-ring (bicyclic) bond motifs is 1. The summed E-state index contributed by atoms with van der Waals surface area (Å²) in [6, 6.07) is 6.90. The smallest absolute Gasteiger partial charge is 0.367 e. The highest BCUT2D eigenvalue weighted by molar-refractivity contribution is 6.10. The molecule has 1 saturated carbocycles. The fraction of sp³-hybridized carbons (Fsp3) is 0.346. The average Bonchev–Trinajstić information content (AvgIpc) is 3.57. The van der Waals surface area contributed by atoms with E-state index in [1.54, 1.807) is 48.0 Å². The normalized spacial score (nSPS) is 16.4. The molecule has 0 spiro atoms. The first-order valence-electron chi connectivity index (χ1n) is 12.4. The van der Waals surface area contributed by atoms with Gasteiger partial charge in [0.1, 0.15) is 23.6 Å². The average molecular weight is 541 g/mol. The van der Waals surface area contributed by atoms with Gasteiger partial charge in [0.25, 0.3) is 5.91 Å². The van der Waals surface area contributed by atoms with E-state index < -0.39 is 23.3 Å². The summed E-state index contributed by atoms with van der Waals surface area (Å²) in [4.78, 5) is 19.1. The summed E-state index contributed by atoms with van der Waals surface area (Å²) in [5, 5.41) is 15.5. The lowest BCUT2D eigenvalue weighted by molar-refractivity contribution is -0.138. The second kappa shape index (κ2) is 8.89. The van der Waals surface area contributed by atoms with Crippen molar-refractivity contribution >= 4 is 17.5 Å². The minimum Gasteiger partial charge on any atom is -0.367 e. The molecule has 1 aromatic carbocycles. The van der Waals surface area contributed by atoms with Gasteiger partial charge in [-0.3, -0.25) is 14.4 Å². The molecule has 6 rings (SSSR count). The highest BCUT2D eigenvalue weighted by atomic mass is 19.4. The van der Waals surface area contributed by atoms with Gasteiger partial charge in [-0.1, -0.05) is 6.07 Å². The predicted molar refractivity (Wildman–Crippen MR) is 135 cm³/mol. The van der Waals surface area contributed by atoms with Crippen LogP contribution < -0.4 is 10.2 Å². The molecule has 9 nitrogen and oxygen atoms in total. The fourth-order valence-electron chi connectivity index (χ4n) is 5.12. The number of anilines is 2. The Labute approximate surface area is 220 Å². The van der Waals surface area contributed by atoms with E-state index in [0.717, 1.165) is 12.5 Å². The third-order valence-corrected chi connectivity index (χ3v) is 7.36. The van der Waals surface area contributed by atoms with Gasteiger partial charge in [-0.25, -0.2) is 9.37 Å². The number of pyridine rings is 1. The largest absolute Gasteiger partial charge is 0.416 e. The Kier molecular flexibility index (Phi) is 5.70. The molecule has 0 saturated heterocycles. The molecule has 1 fully saturated rings. The van der Waals surface area contributed by atoms with Gasteiger partial charge in [-0.05, 0) is 49.1 Å². The van der Waals surface area contributed by atoms with Crippen LogP contribution in [0.1, 0.15) is 40.7 Å². The number of hydrogen-bond donors (Lipinski definition) is 1. The van der Waals surface area contributed by atoms with Crippen LogP contribution >= 0.6 is 0 Å². The van der Waals surface area contributed by atoms with E-state index in [1.165, 1.54) is 17.0 Å². The van der Waals surface area contributed by atoms with E-state index >= 15 is 0 Å². The molecule has 1 amide bonds. The van der Waals surface area contributed by atoms with E-state index in [-0.39, 0.29) is 35.9 Å². The number of alkyl halides is 4. The van der Waals surface area contributed by atoms with Crippen LogP contribution in [0.15, 0.2) is 42.9 Å². The summed E-state index contributed by atoms with van der Waals surface area (Å²) >= 11 is 0. The van der Waals surface area contributed by atoms with E-state index in [1.807, 2.05) is 0 Å². The lowest BCUT2D eigenvalue weighted by Crippen LogP contribution is -2.39. The molecule has 0 radical (unpaired) electrons. The van der Waals surface area contributed by atoms with Gasteiger partial charge < -0.3 is 9.88 Å². The van der Waals surface area contributed by atoms with E-state index in [2.05, 4.69) is 25.6 Å². The number of rotatable bonds is 6. The Morgan fingerprint density at radius 2 is 1.92 bits per heavy atom. The lowest BCUT2D eigenvalue weighted by atomic mass is 9.82. The molecular weight excluding hydrogens is 516 g/mol. The van der Waals surface area contributed by atoms with Gasteiger partial charge in [-0.15, -0.1) is 10.2 Å². The highest BCUT2D eigenvalue weighted by Crippen LogP contribution is 2.40. The molecule has 13 heteroatoms. The van der Waals surface area contributed by atoms with Gasteiger partial charge in [0, 0.05) is 25.2 Å². The van der Waals surface area contributed by atoms with Crippen LogP contribution in [0.25, 0.3) is 22.6 Å². The molecule has 1 aliphatic heterocycles. The summed E-state index contributed by atoms with van der Waals surface area (Å²) in [5.74, 6) is 0.376. The number of nitrogens with zero attached hydrogens (tertiary/aromatic N) is 7. The van der Waals surface area contributed by atoms with Crippen molar-refractivity contribution in [3.8, 4) is 22.6 Å². The van der Waals surface area contributed by atoms with Crippen LogP contribution in [-0.4, -0.2) is 47.6 Å². The molecule has 2 aliphatic rings. The SMILES string of the molecule is Cn1cnnc1-c1cnn(C)c1-c1cc(NCC2(F)CCC2)nc(N2Cc3c(cccc3C(F)(F)F)C2=O)c1. The maximum absolute atomic E-state index is 14.8. The van der Waals surface area contributed by atoms with Crippen molar-refractivity contribution < 1.29 is 22.4 Å². The lowest BCUT2D eigenvalue weighted by Gasteiger charge is -2.34. The number of amides is 1. The summed E-state index contributed by atoms with van der Waals surface area (Å²) in [6.07, 6.45) is 0.241. The zero-order valence-corrected chi connectivity index (χ0v) is 21.1. The van der Waals surface area contributed by atoms with Gasteiger partial charge in [0.2, 0.25) is 0 Å². The first-order chi connectivity index (χ1) is 18.5. The Bertz CT molecular complexity index is 1590. The highest BCUT2D eigenvalue weighted by Gasteiger charge is 2.40. The minimum atomic E-state index is -4.61. The van der Waals surface area contributed by atoms with Crippen molar-refractivity contribution in [2.45, 2.75) is 37.7 Å². The fourth-order valence-corrected chi connectivity index (χ4v) is 5.12. The molecule has 0 bridgehead atoms. The van der Waals surface area contributed by atoms with E-state index in [4.69, 9.17) is 0 Å². The number of benzene rings is 1. The van der Waals surface area contributed by atoms with Gasteiger partial charge >= 0.3 is 6.18 Å². The van der Waals surface area contributed by atoms with Gasteiger partial charge in [-0.2, -0.15) is 18.3 Å². The van der Waals surface area contributed by atoms with Crippen molar-refractivity contribution in [2.24, 2.45) is 14.1 Å². The summed E-state index contributed by atoms with van der Waals surface area (Å²) < 4.78 is 59.3. The molecule has 1 N–H and O–H groups in total. The maximum atomic E-state index is 14.8. The van der Waals surface area contributed by atoms with E-state index in [9.17, 15) is 22.4 Å². The number of carbonyl (C=O) groups is 1. The molecule has 202 valence electrons. The molecule has 4 heterocycles. The molecule has 0 atom stereocenters. The van der Waals surface area contributed by atoms with Crippen LogP contribution in [-0.2, 0) is 26.8 Å². The van der Waals surface area contributed by atoms with Gasteiger partial charge in [0.15, 0.2) is 5.82 Å². The Hall–Kier alpha value is -4.29. The zero-order valence-electron chi connectivity index (χ0n) is 21.1. The minimum absolute atomic E-state index is 0.0241. The first-order valence-corrected chi connectivity index (χ1v) is 12.4. The number of halogens is 4. The Morgan fingerprint density at radius 1 is 1.13 bits per heavy atom. The van der Waals surface area contributed by atoms with Crippen LogP contribution in [0.4, 0.5) is 29.2 Å².